The van der Waals surface area contributed by atoms with E-state index in [-0.39, 0.29) is 22.1 Å². The van der Waals surface area contributed by atoms with E-state index < -0.39 is 16.1 Å². The van der Waals surface area contributed by atoms with Crippen molar-refractivity contribution in [2.75, 3.05) is 41.0 Å². The molecule has 1 atom stereocenters. The number of rotatable bonds is 7. The number of piperidine rings is 1. The maximum Gasteiger partial charge on any atom is 0.254 e. The summed E-state index contributed by atoms with van der Waals surface area (Å²) in [6.45, 7) is 1.42. The number of carbonyl (C=O) groups excluding carboxylic acids is 1. The van der Waals surface area contributed by atoms with Crippen LogP contribution in [0, 0.1) is 5.92 Å². The maximum atomic E-state index is 13.3. The molecule has 1 aliphatic carbocycles. The van der Waals surface area contributed by atoms with Crippen LogP contribution in [0.3, 0.4) is 0 Å². The van der Waals surface area contributed by atoms with Gasteiger partial charge in [-0.15, -0.1) is 0 Å². The van der Waals surface area contributed by atoms with Crippen molar-refractivity contribution in [1.82, 2.24) is 9.21 Å². The fourth-order valence-corrected chi connectivity index (χ4v) is 6.20. The van der Waals surface area contributed by atoms with E-state index in [9.17, 15) is 13.2 Å². The zero-order valence-corrected chi connectivity index (χ0v) is 17.9. The van der Waals surface area contributed by atoms with Crippen molar-refractivity contribution in [3.05, 3.63) is 18.2 Å². The number of likely N-dealkylation sites (tertiary alicyclic amines) is 1. The molecular formula is C20H28N2O6S. The maximum absolute atomic E-state index is 13.3. The van der Waals surface area contributed by atoms with E-state index >= 15 is 0 Å². The number of β-lactam (4-membered cyclic amide) rings is 1. The molecule has 0 N–H and O–H groups in total. The summed E-state index contributed by atoms with van der Waals surface area (Å²) < 4.78 is 44.1. The third-order valence-corrected chi connectivity index (χ3v) is 8.39. The fraction of sp³-hybridized carbons (Fsp3) is 0.650. The normalized spacial score (nSPS) is 24.4. The molecule has 3 fully saturated rings. The van der Waals surface area contributed by atoms with Gasteiger partial charge in [0.05, 0.1) is 19.8 Å². The second-order valence-electron chi connectivity index (χ2n) is 8.03. The van der Waals surface area contributed by atoms with Crippen molar-refractivity contribution in [3.8, 4) is 11.5 Å². The lowest BCUT2D eigenvalue weighted by molar-refractivity contribution is -0.197. The predicted molar refractivity (Wildman–Crippen MR) is 106 cm³/mol. The molecule has 1 aromatic rings. The van der Waals surface area contributed by atoms with Crippen LogP contribution in [0.1, 0.15) is 25.7 Å². The van der Waals surface area contributed by atoms with E-state index in [4.69, 9.17) is 14.2 Å². The van der Waals surface area contributed by atoms with E-state index in [0.717, 1.165) is 19.4 Å². The molecule has 0 aromatic heterocycles. The molecule has 29 heavy (non-hydrogen) atoms. The Labute approximate surface area is 171 Å². The quantitative estimate of drug-likeness (QED) is 0.617. The van der Waals surface area contributed by atoms with Crippen LogP contribution >= 0.6 is 0 Å². The summed E-state index contributed by atoms with van der Waals surface area (Å²) >= 11 is 0. The SMILES string of the molecule is COc1ccc(OC)c(S(=O)(=O)N2CCC3(CC2)C(OC)C(=O)N3CC2CC2)c1. The van der Waals surface area contributed by atoms with Gasteiger partial charge in [0.25, 0.3) is 5.91 Å². The first kappa shape index (κ1) is 20.4. The summed E-state index contributed by atoms with van der Waals surface area (Å²) in [4.78, 5) is 14.6. The van der Waals surface area contributed by atoms with Crippen LogP contribution in [0.2, 0.25) is 0 Å². The second-order valence-corrected chi connectivity index (χ2v) is 9.94. The Bertz CT molecular complexity index is 890. The largest absolute Gasteiger partial charge is 0.497 e. The number of amides is 1. The molecule has 9 heteroatoms. The summed E-state index contributed by atoms with van der Waals surface area (Å²) in [5, 5.41) is 0. The number of sulfonamides is 1. The van der Waals surface area contributed by atoms with Gasteiger partial charge in [0, 0.05) is 32.8 Å². The van der Waals surface area contributed by atoms with Gasteiger partial charge in [-0.25, -0.2) is 8.42 Å². The van der Waals surface area contributed by atoms with Crippen molar-refractivity contribution in [1.29, 1.82) is 0 Å². The first-order valence-corrected chi connectivity index (χ1v) is 11.4. The van der Waals surface area contributed by atoms with Crippen LogP contribution in [0.4, 0.5) is 0 Å². The Kier molecular flexibility index (Phi) is 5.25. The van der Waals surface area contributed by atoms with Gasteiger partial charge in [-0.2, -0.15) is 4.31 Å². The van der Waals surface area contributed by atoms with Crippen LogP contribution in [0.15, 0.2) is 23.1 Å². The topological polar surface area (TPSA) is 85.4 Å². The minimum Gasteiger partial charge on any atom is -0.497 e. The highest BCUT2D eigenvalue weighted by Crippen LogP contribution is 2.46. The van der Waals surface area contributed by atoms with E-state index in [1.807, 2.05) is 4.90 Å². The average molecular weight is 425 g/mol. The van der Waals surface area contributed by atoms with Gasteiger partial charge in [-0.05, 0) is 43.7 Å². The molecule has 1 saturated carbocycles. The first-order valence-electron chi connectivity index (χ1n) is 9.94. The number of carbonyl (C=O) groups is 1. The third-order valence-electron chi connectivity index (χ3n) is 6.47. The minimum atomic E-state index is -3.75. The summed E-state index contributed by atoms with van der Waals surface area (Å²) in [5.74, 6) is 1.36. The number of methoxy groups -OCH3 is 3. The van der Waals surface area contributed by atoms with Gasteiger partial charge in [0.2, 0.25) is 10.0 Å². The van der Waals surface area contributed by atoms with Crippen molar-refractivity contribution in [2.45, 2.75) is 42.2 Å². The summed E-state index contributed by atoms with van der Waals surface area (Å²) in [6, 6.07) is 4.75. The Morgan fingerprint density at radius 3 is 2.34 bits per heavy atom. The van der Waals surface area contributed by atoms with Gasteiger partial charge < -0.3 is 19.1 Å². The Morgan fingerprint density at radius 1 is 1.10 bits per heavy atom. The number of hydrogen-bond donors (Lipinski definition) is 0. The lowest BCUT2D eigenvalue weighted by atomic mass is 9.73. The first-order chi connectivity index (χ1) is 13.9. The van der Waals surface area contributed by atoms with Crippen molar-refractivity contribution < 1.29 is 27.4 Å². The van der Waals surface area contributed by atoms with Crippen molar-refractivity contribution >= 4 is 15.9 Å². The minimum absolute atomic E-state index is 0.0326. The summed E-state index contributed by atoms with van der Waals surface area (Å²) in [6.07, 6.45) is 2.98. The lowest BCUT2D eigenvalue weighted by Gasteiger charge is -2.59. The average Bonchev–Trinajstić information content (AvgIpc) is 3.56. The second kappa shape index (κ2) is 7.45. The van der Waals surface area contributed by atoms with Crippen LogP contribution in [0.25, 0.3) is 0 Å². The number of nitrogens with zero attached hydrogens (tertiary/aromatic N) is 2. The van der Waals surface area contributed by atoms with E-state index in [0.29, 0.717) is 37.6 Å². The molecule has 1 spiro atoms. The third kappa shape index (κ3) is 3.29. The van der Waals surface area contributed by atoms with Crippen LogP contribution < -0.4 is 9.47 Å². The Hall–Kier alpha value is -1.84. The van der Waals surface area contributed by atoms with Crippen molar-refractivity contribution in [2.24, 2.45) is 5.92 Å². The Balaban J connectivity index is 1.55. The number of hydrogen-bond acceptors (Lipinski definition) is 6. The molecule has 2 aliphatic heterocycles. The number of ether oxygens (including phenoxy) is 3. The number of benzene rings is 1. The molecule has 8 nitrogen and oxygen atoms in total. The van der Waals surface area contributed by atoms with Crippen LogP contribution in [-0.4, -0.2) is 76.1 Å². The van der Waals surface area contributed by atoms with Crippen LogP contribution in [-0.2, 0) is 19.6 Å². The van der Waals surface area contributed by atoms with E-state index in [1.54, 1.807) is 19.2 Å². The zero-order valence-electron chi connectivity index (χ0n) is 17.1. The lowest BCUT2D eigenvalue weighted by Crippen LogP contribution is -2.77. The van der Waals surface area contributed by atoms with E-state index in [1.165, 1.54) is 24.6 Å². The molecule has 0 bridgehead atoms. The standard InChI is InChI=1S/C20H28N2O6S/c1-26-15-6-7-16(27-2)17(12-15)29(24,25)21-10-8-20(9-11-21)18(28-3)19(23)22(20)13-14-4-5-14/h6-7,12,14,18H,4-5,8-11,13H2,1-3H3. The molecular weight excluding hydrogens is 396 g/mol. The molecule has 2 heterocycles. The van der Waals surface area contributed by atoms with Gasteiger partial charge in [-0.1, -0.05) is 0 Å². The zero-order chi connectivity index (χ0) is 20.8. The molecule has 1 unspecified atom stereocenters. The fourth-order valence-electron chi connectivity index (χ4n) is 4.59. The highest BCUT2D eigenvalue weighted by atomic mass is 32.2. The van der Waals surface area contributed by atoms with E-state index in [2.05, 4.69) is 0 Å². The molecule has 4 rings (SSSR count). The van der Waals surface area contributed by atoms with Gasteiger partial charge in [0.15, 0.2) is 6.10 Å². The summed E-state index contributed by atoms with van der Waals surface area (Å²) in [7, 11) is 0.750. The smallest absolute Gasteiger partial charge is 0.254 e. The monoisotopic (exact) mass is 424 g/mol. The molecule has 160 valence electrons. The molecule has 2 saturated heterocycles. The van der Waals surface area contributed by atoms with Gasteiger partial charge in [-0.3, -0.25) is 4.79 Å². The highest BCUT2D eigenvalue weighted by molar-refractivity contribution is 7.89. The molecule has 0 radical (unpaired) electrons. The molecule has 1 amide bonds. The van der Waals surface area contributed by atoms with Gasteiger partial charge >= 0.3 is 0 Å². The highest BCUT2D eigenvalue weighted by Gasteiger charge is 2.62. The van der Waals surface area contributed by atoms with Gasteiger partial charge in [0.1, 0.15) is 16.4 Å². The summed E-state index contributed by atoms with van der Waals surface area (Å²) in [5.41, 5.74) is -0.390. The predicted octanol–water partition coefficient (Wildman–Crippen LogP) is 1.49. The Morgan fingerprint density at radius 2 is 1.79 bits per heavy atom. The van der Waals surface area contributed by atoms with Crippen LogP contribution in [0.5, 0.6) is 11.5 Å². The molecule has 1 aromatic carbocycles. The van der Waals surface area contributed by atoms with Crippen molar-refractivity contribution in [3.63, 3.8) is 0 Å². The molecule has 3 aliphatic rings.